The second-order valence-corrected chi connectivity index (χ2v) is 19.0. The highest BCUT2D eigenvalue weighted by Gasteiger charge is 2.34. The predicted molar refractivity (Wildman–Crippen MR) is 259 cm³/mol. The number of carbonyl (C=O) groups excluding carboxylic acids is 9. The van der Waals surface area contributed by atoms with Gasteiger partial charge in [-0.05, 0) is 55.6 Å². The van der Waals surface area contributed by atoms with Crippen LogP contribution in [0.2, 0.25) is 0 Å². The van der Waals surface area contributed by atoms with E-state index in [9.17, 15) is 48.3 Å². The SMILES string of the molecule is CC(C)C[C@H](NC(=O)C[C@H](O)[C@H](CC(C)C)NC(=O)[C@H](Cc1cnc[nH]1)NC(=O)CN(C)C(=O)[C@@H](NC(=O)[C@H](C)NC(=O)[C@H](Cc1c[nH]c2ccccc12)NC(=O)[C@@H](N)CCC(N)=O)C(C)C)C(N)=O. The summed E-state index contributed by atoms with van der Waals surface area (Å²) in [4.78, 5) is 129. The Morgan fingerprint density at radius 1 is 0.729 bits per heavy atom. The monoisotopic (exact) mass is 980 g/mol. The zero-order valence-electron chi connectivity index (χ0n) is 41.3. The highest BCUT2D eigenvalue weighted by molar-refractivity contribution is 5.96. The summed E-state index contributed by atoms with van der Waals surface area (Å²) < 4.78 is 0. The summed E-state index contributed by atoms with van der Waals surface area (Å²) in [5, 5.41) is 27.9. The van der Waals surface area contributed by atoms with Crippen LogP contribution in [0.1, 0.15) is 91.8 Å². The number of likely N-dealkylation sites (N-methyl/N-ethyl adjacent to an activating group) is 1. The standard InChI is InChI=1S/C47H73N13O10/c1-24(2)15-33(37(61)19-39(63)55-34(42(50)65)16-25(3)4)57-46(69)36(18-29-21-51-23-53-29)56-40(64)22-60(8)47(70)41(26(5)6)59-43(66)27(7)54-45(68)35(58-44(67)31(48)13-14-38(49)62)17-28-20-52-32-12-10-9-11-30(28)32/h9-12,20-21,23-27,31,33-37,41,52,61H,13-19,22,48H2,1-8H3,(H2,49,62)(H2,50,65)(H,51,53)(H,54,68)(H,55,63)(H,56,64)(H,57,69)(H,58,67)(H,59,66)/t27-,31-,33-,34-,35-,36-,37-,41-/m0/s1. The molecule has 0 saturated heterocycles. The first-order valence-electron chi connectivity index (χ1n) is 23.4. The second-order valence-electron chi connectivity index (χ2n) is 19.0. The number of nitrogens with two attached hydrogens (primary N) is 3. The maximum absolute atomic E-state index is 13.9. The van der Waals surface area contributed by atoms with Gasteiger partial charge in [0.1, 0.15) is 30.2 Å². The maximum Gasteiger partial charge on any atom is 0.245 e. The van der Waals surface area contributed by atoms with Crippen molar-refractivity contribution < 1.29 is 48.3 Å². The lowest BCUT2D eigenvalue weighted by molar-refractivity contribution is -0.140. The Labute approximate surface area is 407 Å². The minimum absolute atomic E-state index is 0.000741. The number of aromatic nitrogens is 3. The molecule has 0 unspecified atom stereocenters. The Hall–Kier alpha value is -6.88. The number of H-pyrrole nitrogens is 2. The third kappa shape index (κ3) is 18.6. The number of primary amides is 2. The van der Waals surface area contributed by atoms with Crippen LogP contribution in [0.25, 0.3) is 10.9 Å². The molecule has 70 heavy (non-hydrogen) atoms. The minimum Gasteiger partial charge on any atom is -0.390 e. The average Bonchev–Trinajstić information content (AvgIpc) is 3.95. The van der Waals surface area contributed by atoms with E-state index in [2.05, 4.69) is 46.9 Å². The molecule has 0 fully saturated rings. The molecule has 0 spiro atoms. The third-order valence-corrected chi connectivity index (χ3v) is 11.4. The van der Waals surface area contributed by atoms with Crippen LogP contribution in [0.3, 0.4) is 0 Å². The van der Waals surface area contributed by atoms with Gasteiger partial charge in [0.2, 0.25) is 53.2 Å². The quantitative estimate of drug-likeness (QED) is 0.0384. The number of fused-ring (bicyclic) bond motifs is 1. The van der Waals surface area contributed by atoms with Crippen molar-refractivity contribution in [2.45, 2.75) is 142 Å². The first-order chi connectivity index (χ1) is 32.9. The number of imidazole rings is 1. The predicted octanol–water partition coefficient (Wildman–Crippen LogP) is -1.36. The lowest BCUT2D eigenvalue weighted by atomic mass is 9.96. The van der Waals surface area contributed by atoms with Gasteiger partial charge < -0.3 is 69.1 Å². The van der Waals surface area contributed by atoms with Crippen molar-refractivity contribution in [3.05, 3.63) is 54.2 Å². The molecule has 0 radical (unpaired) electrons. The Morgan fingerprint density at radius 2 is 1.36 bits per heavy atom. The van der Waals surface area contributed by atoms with Gasteiger partial charge >= 0.3 is 0 Å². The highest BCUT2D eigenvalue weighted by atomic mass is 16.3. The molecule has 0 aliphatic rings. The van der Waals surface area contributed by atoms with Crippen LogP contribution in [0, 0.1) is 17.8 Å². The molecule has 0 aliphatic heterocycles. The minimum atomic E-state index is -1.39. The number of para-hydroxylation sites is 1. The Balaban J connectivity index is 1.71. The van der Waals surface area contributed by atoms with Gasteiger partial charge in [0.05, 0.1) is 37.5 Å². The second kappa shape index (κ2) is 27.3. The normalized spacial score (nSPS) is 14.9. The Morgan fingerprint density at radius 3 is 1.96 bits per heavy atom. The average molecular weight is 980 g/mol. The molecular formula is C47H73N13O10. The largest absolute Gasteiger partial charge is 0.390 e. The molecule has 0 saturated carbocycles. The highest BCUT2D eigenvalue weighted by Crippen LogP contribution is 2.20. The molecule has 15 N–H and O–H groups in total. The van der Waals surface area contributed by atoms with Crippen molar-refractivity contribution in [1.29, 1.82) is 0 Å². The Kier molecular flexibility index (Phi) is 22.4. The third-order valence-electron chi connectivity index (χ3n) is 11.4. The van der Waals surface area contributed by atoms with E-state index in [4.69, 9.17) is 17.2 Å². The van der Waals surface area contributed by atoms with Crippen LogP contribution in [-0.2, 0) is 56.0 Å². The maximum atomic E-state index is 13.9. The fraction of sp³-hybridized carbons (Fsp3) is 0.574. The lowest BCUT2D eigenvalue weighted by Gasteiger charge is -2.30. The Bertz CT molecular complexity index is 2260. The molecular weight excluding hydrogens is 907 g/mol. The van der Waals surface area contributed by atoms with Gasteiger partial charge in [-0.25, -0.2) is 4.98 Å². The lowest BCUT2D eigenvalue weighted by Crippen LogP contribution is -2.59. The van der Waals surface area contributed by atoms with E-state index in [1.165, 1.54) is 26.5 Å². The first-order valence-corrected chi connectivity index (χ1v) is 23.4. The van der Waals surface area contributed by atoms with E-state index in [1.807, 2.05) is 52.0 Å². The first kappa shape index (κ1) is 57.4. The molecule has 2 heterocycles. The van der Waals surface area contributed by atoms with E-state index in [0.717, 1.165) is 15.8 Å². The van der Waals surface area contributed by atoms with Crippen LogP contribution < -0.4 is 49.1 Å². The fourth-order valence-electron chi connectivity index (χ4n) is 7.61. The van der Waals surface area contributed by atoms with Crippen LogP contribution in [-0.4, -0.2) is 140 Å². The van der Waals surface area contributed by atoms with Crippen molar-refractivity contribution in [2.24, 2.45) is 35.0 Å². The number of benzene rings is 1. The van der Waals surface area contributed by atoms with E-state index < -0.39 is 120 Å². The van der Waals surface area contributed by atoms with Crippen LogP contribution in [0.4, 0.5) is 0 Å². The number of rotatable bonds is 29. The number of aliphatic hydroxyl groups is 1. The smallest absolute Gasteiger partial charge is 0.245 e. The van der Waals surface area contributed by atoms with Crippen molar-refractivity contribution in [2.75, 3.05) is 13.6 Å². The molecule has 0 bridgehead atoms. The molecule has 1 aromatic carbocycles. The number of amides is 9. The summed E-state index contributed by atoms with van der Waals surface area (Å²) in [6.45, 7) is 11.6. The van der Waals surface area contributed by atoms with Crippen LogP contribution in [0.5, 0.6) is 0 Å². The number of aliphatic hydroxyl groups excluding tert-OH is 1. The van der Waals surface area contributed by atoms with Crippen LogP contribution >= 0.6 is 0 Å². The summed E-state index contributed by atoms with van der Waals surface area (Å²) >= 11 is 0. The van der Waals surface area contributed by atoms with E-state index >= 15 is 0 Å². The van der Waals surface area contributed by atoms with Crippen molar-refractivity contribution in [1.82, 2.24) is 51.8 Å². The summed E-state index contributed by atoms with van der Waals surface area (Å²) in [6.07, 6.45) is 2.97. The van der Waals surface area contributed by atoms with Crippen molar-refractivity contribution in [3.8, 4) is 0 Å². The summed E-state index contributed by atoms with van der Waals surface area (Å²) in [7, 11) is 1.34. The van der Waals surface area contributed by atoms with Gasteiger partial charge in [-0.15, -0.1) is 0 Å². The molecule has 0 aliphatic carbocycles. The van der Waals surface area contributed by atoms with Gasteiger partial charge in [0, 0.05) is 55.3 Å². The fourth-order valence-corrected chi connectivity index (χ4v) is 7.61. The van der Waals surface area contributed by atoms with Gasteiger partial charge in [-0.1, -0.05) is 59.7 Å². The van der Waals surface area contributed by atoms with Crippen molar-refractivity contribution in [3.63, 3.8) is 0 Å². The molecule has 23 nitrogen and oxygen atoms in total. The van der Waals surface area contributed by atoms with E-state index in [-0.39, 0.29) is 43.9 Å². The molecule has 2 aromatic heterocycles. The number of hydrogen-bond acceptors (Lipinski definition) is 12. The van der Waals surface area contributed by atoms with E-state index in [1.54, 1.807) is 20.0 Å². The topological polar surface area (TPSA) is 372 Å². The van der Waals surface area contributed by atoms with Gasteiger partial charge in [-0.3, -0.25) is 43.2 Å². The molecule has 386 valence electrons. The number of hydrogen-bond donors (Lipinski definition) is 12. The number of carbonyl (C=O) groups is 9. The van der Waals surface area contributed by atoms with Crippen LogP contribution in [0.15, 0.2) is 43.0 Å². The molecule has 9 amide bonds. The molecule has 3 rings (SSSR count). The summed E-state index contributed by atoms with van der Waals surface area (Å²) in [5.41, 5.74) is 18.7. The zero-order valence-corrected chi connectivity index (χ0v) is 41.3. The number of nitrogens with one attached hydrogen (secondary N) is 8. The zero-order chi connectivity index (χ0) is 52.4. The van der Waals surface area contributed by atoms with Crippen molar-refractivity contribution >= 4 is 64.1 Å². The summed E-state index contributed by atoms with van der Waals surface area (Å²) in [5.74, 6) is -6.82. The summed E-state index contributed by atoms with van der Waals surface area (Å²) in [6, 6.07) is -0.603. The number of nitrogens with zero attached hydrogens (tertiary/aromatic N) is 2. The van der Waals surface area contributed by atoms with Gasteiger partial charge in [0.25, 0.3) is 0 Å². The van der Waals surface area contributed by atoms with Gasteiger partial charge in [-0.2, -0.15) is 0 Å². The van der Waals surface area contributed by atoms with Gasteiger partial charge in [0.15, 0.2) is 0 Å². The molecule has 23 heteroatoms. The number of aromatic amines is 2. The molecule has 3 aromatic rings. The molecule has 8 atom stereocenters. The van der Waals surface area contributed by atoms with E-state index in [0.29, 0.717) is 17.7 Å².